The molecule has 0 bridgehead atoms. The lowest BCUT2D eigenvalue weighted by Gasteiger charge is -2.32. The molecule has 0 aromatic rings. The van der Waals surface area contributed by atoms with Crippen LogP contribution in [0.3, 0.4) is 0 Å². The van der Waals surface area contributed by atoms with Gasteiger partial charge in [-0.2, -0.15) is 4.98 Å². The molecule has 1 saturated carbocycles. The molecule has 146 valence electrons. The summed E-state index contributed by atoms with van der Waals surface area (Å²) in [6.45, 7) is 4.93. The van der Waals surface area contributed by atoms with E-state index in [1.807, 2.05) is 11.5 Å². The van der Waals surface area contributed by atoms with E-state index in [9.17, 15) is 10.2 Å². The van der Waals surface area contributed by atoms with Crippen molar-refractivity contribution in [1.29, 1.82) is 0 Å². The van der Waals surface area contributed by atoms with Crippen LogP contribution in [0.5, 0.6) is 5.88 Å². The third-order valence-corrected chi connectivity index (χ3v) is 6.78. The van der Waals surface area contributed by atoms with Crippen molar-refractivity contribution in [3.8, 4) is 17.3 Å². The molecule has 0 amide bonds. The Bertz CT molecular complexity index is 884. The van der Waals surface area contributed by atoms with Crippen molar-refractivity contribution in [2.24, 2.45) is 10.9 Å². The van der Waals surface area contributed by atoms with E-state index < -0.39 is 6.10 Å². The fourth-order valence-corrected chi connectivity index (χ4v) is 4.59. The number of pyridine rings is 1. The highest BCUT2D eigenvalue weighted by atomic mass is 79.9. The number of rotatable bonds is 2. The molecule has 0 aromatic heterocycles. The van der Waals surface area contributed by atoms with E-state index in [0.717, 1.165) is 30.4 Å². The zero-order valence-corrected chi connectivity index (χ0v) is 17.1. The van der Waals surface area contributed by atoms with Crippen molar-refractivity contribution >= 4 is 15.9 Å². The molecule has 1 unspecified atom stereocenters. The van der Waals surface area contributed by atoms with E-state index in [2.05, 4.69) is 37.8 Å². The SMILES string of the molecule is Cc1c2cnc(=NC3CCOC[C@H]3O)nc-2n([C@@H]2CCC[C@@H]2C)c([O-])c1Br. The van der Waals surface area contributed by atoms with Crippen molar-refractivity contribution in [2.75, 3.05) is 13.2 Å². The van der Waals surface area contributed by atoms with Crippen LogP contribution in [-0.2, 0) is 4.74 Å². The van der Waals surface area contributed by atoms with E-state index in [4.69, 9.17) is 4.74 Å². The normalized spacial score (nSPS) is 29.6. The molecule has 3 aliphatic heterocycles. The first-order valence-corrected chi connectivity index (χ1v) is 10.3. The fraction of sp³-hybridized carbons (Fsp3) is 0.632. The maximum absolute atomic E-state index is 13.1. The number of fused-ring (bicyclic) bond motifs is 1. The van der Waals surface area contributed by atoms with E-state index >= 15 is 0 Å². The number of ether oxygens (including phenoxy) is 1. The predicted molar refractivity (Wildman–Crippen MR) is 101 cm³/mol. The van der Waals surface area contributed by atoms with Crippen LogP contribution in [0.1, 0.15) is 44.2 Å². The van der Waals surface area contributed by atoms with E-state index in [0.29, 0.717) is 34.9 Å². The summed E-state index contributed by atoms with van der Waals surface area (Å²) in [5.74, 6) is 1.01. The zero-order valence-electron chi connectivity index (χ0n) is 15.6. The minimum Gasteiger partial charge on any atom is -0.859 e. The van der Waals surface area contributed by atoms with Gasteiger partial charge in [-0.05, 0) is 59.5 Å². The van der Waals surface area contributed by atoms with Crippen molar-refractivity contribution in [2.45, 2.75) is 57.7 Å². The van der Waals surface area contributed by atoms with Gasteiger partial charge in [0.05, 0.1) is 18.8 Å². The third kappa shape index (κ3) is 3.39. The molecule has 4 rings (SSSR count). The Morgan fingerprint density at radius 1 is 1.37 bits per heavy atom. The van der Waals surface area contributed by atoms with Gasteiger partial charge in [0.2, 0.25) is 5.62 Å². The van der Waals surface area contributed by atoms with Crippen LogP contribution in [-0.4, -0.2) is 45.0 Å². The van der Waals surface area contributed by atoms with E-state index in [-0.39, 0.29) is 24.6 Å². The summed E-state index contributed by atoms with van der Waals surface area (Å²) in [6, 6.07) is -0.147. The number of halogens is 1. The Labute approximate surface area is 166 Å². The monoisotopic (exact) mass is 435 g/mol. The van der Waals surface area contributed by atoms with Crippen LogP contribution in [0.4, 0.5) is 0 Å². The Morgan fingerprint density at radius 2 is 2.19 bits per heavy atom. The first-order valence-electron chi connectivity index (χ1n) is 9.51. The van der Waals surface area contributed by atoms with Gasteiger partial charge < -0.3 is 19.5 Å². The second-order valence-corrected chi connectivity index (χ2v) is 8.42. The average molecular weight is 436 g/mol. The fourth-order valence-electron chi connectivity index (χ4n) is 4.18. The van der Waals surface area contributed by atoms with Crippen LogP contribution in [0.15, 0.2) is 15.7 Å². The largest absolute Gasteiger partial charge is 0.859 e. The van der Waals surface area contributed by atoms with Gasteiger partial charge in [-0.3, -0.25) is 0 Å². The van der Waals surface area contributed by atoms with Gasteiger partial charge in [-0.25, -0.2) is 9.98 Å². The summed E-state index contributed by atoms with van der Waals surface area (Å²) < 4.78 is 7.66. The Balaban J connectivity index is 1.88. The summed E-state index contributed by atoms with van der Waals surface area (Å²) in [7, 11) is 0. The van der Waals surface area contributed by atoms with Gasteiger partial charge in [-0.15, -0.1) is 0 Å². The minimum absolute atomic E-state index is 0.0468. The molecule has 27 heavy (non-hydrogen) atoms. The number of aliphatic hydroxyl groups excluding tert-OH is 1. The van der Waals surface area contributed by atoms with Crippen molar-refractivity contribution in [3.63, 3.8) is 0 Å². The highest BCUT2D eigenvalue weighted by Gasteiger charge is 2.29. The van der Waals surface area contributed by atoms with Crippen LogP contribution in [0.2, 0.25) is 0 Å². The minimum atomic E-state index is -0.651. The summed E-state index contributed by atoms with van der Waals surface area (Å²) in [4.78, 5) is 13.6. The molecular formula is C19H24BrN4O3-. The first kappa shape index (κ1) is 18.8. The molecule has 7 nitrogen and oxygen atoms in total. The molecule has 1 N–H and O–H groups in total. The van der Waals surface area contributed by atoms with Gasteiger partial charge in [0.1, 0.15) is 5.82 Å². The molecule has 4 atom stereocenters. The van der Waals surface area contributed by atoms with Gasteiger partial charge >= 0.3 is 0 Å². The lowest BCUT2D eigenvalue weighted by atomic mass is 10.0. The molecule has 0 aromatic carbocycles. The number of aromatic nitrogens is 3. The summed E-state index contributed by atoms with van der Waals surface area (Å²) in [5, 5.41) is 23.2. The van der Waals surface area contributed by atoms with Crippen LogP contribution < -0.4 is 10.7 Å². The maximum atomic E-state index is 13.1. The second-order valence-electron chi connectivity index (χ2n) is 7.62. The standard InChI is InChI=1S/C19H25BrN4O3/c1-10-4-3-5-14(10)24-17-12(11(2)16(20)18(24)26)8-21-19(23-17)22-13-6-7-27-9-15(13)25/h8,10,13-15,25-26H,3-7,9H2,1-2H3/p-1/t10-,13?,14+,15+/m0/s1. The number of aliphatic hydroxyl groups is 1. The maximum Gasteiger partial charge on any atom is 0.247 e. The summed E-state index contributed by atoms with van der Waals surface area (Å²) in [5.41, 5.74) is 2.01. The Morgan fingerprint density at radius 3 is 2.89 bits per heavy atom. The van der Waals surface area contributed by atoms with Crippen molar-refractivity contribution in [1.82, 2.24) is 14.5 Å². The van der Waals surface area contributed by atoms with E-state index in [1.165, 1.54) is 0 Å². The lowest BCUT2D eigenvalue weighted by molar-refractivity contribution is -0.281. The lowest BCUT2D eigenvalue weighted by Crippen LogP contribution is -2.37. The quantitative estimate of drug-likeness (QED) is 0.777. The highest BCUT2D eigenvalue weighted by Crippen LogP contribution is 2.43. The van der Waals surface area contributed by atoms with Gasteiger partial charge in [-0.1, -0.05) is 13.3 Å². The topological polar surface area (TPSA) is 95.6 Å². The van der Waals surface area contributed by atoms with Crippen molar-refractivity contribution < 1.29 is 14.9 Å². The number of hydrogen-bond donors (Lipinski definition) is 1. The third-order valence-electron chi connectivity index (χ3n) is 5.84. The van der Waals surface area contributed by atoms with Crippen molar-refractivity contribution in [3.05, 3.63) is 21.9 Å². The van der Waals surface area contributed by atoms with Gasteiger partial charge in [0, 0.05) is 28.9 Å². The molecule has 0 radical (unpaired) electrons. The Hall–Kier alpha value is -1.51. The van der Waals surface area contributed by atoms with Crippen LogP contribution in [0.25, 0.3) is 11.4 Å². The molecule has 3 heterocycles. The van der Waals surface area contributed by atoms with Crippen LogP contribution >= 0.6 is 15.9 Å². The molecule has 0 spiro atoms. The molecule has 4 aliphatic rings. The smallest absolute Gasteiger partial charge is 0.247 e. The first-order chi connectivity index (χ1) is 13.0. The van der Waals surface area contributed by atoms with Gasteiger partial charge in [0.15, 0.2) is 0 Å². The molecule has 1 aliphatic carbocycles. The highest BCUT2D eigenvalue weighted by molar-refractivity contribution is 9.10. The molecular weight excluding hydrogens is 412 g/mol. The van der Waals surface area contributed by atoms with Crippen LogP contribution in [0, 0.1) is 12.8 Å². The molecule has 1 saturated heterocycles. The van der Waals surface area contributed by atoms with Gasteiger partial charge in [0.25, 0.3) is 0 Å². The number of nitrogens with zero attached hydrogens (tertiary/aromatic N) is 4. The van der Waals surface area contributed by atoms with E-state index in [1.54, 1.807) is 6.20 Å². The second kappa shape index (κ2) is 7.48. The summed E-state index contributed by atoms with van der Waals surface area (Å²) >= 11 is 3.46. The predicted octanol–water partition coefficient (Wildman–Crippen LogP) is 1.94. The molecule has 8 heteroatoms. The molecule has 2 fully saturated rings. The average Bonchev–Trinajstić information content (AvgIpc) is 3.08. The number of hydrogen-bond acceptors (Lipinski definition) is 6. The zero-order chi connectivity index (χ0) is 19.1. The Kier molecular flexibility index (Phi) is 5.22. The summed E-state index contributed by atoms with van der Waals surface area (Å²) in [6.07, 6.45) is 4.92.